The maximum atomic E-state index is 12.8. The van der Waals surface area contributed by atoms with Gasteiger partial charge >= 0.3 is 5.97 Å². The highest BCUT2D eigenvalue weighted by molar-refractivity contribution is 6.14. The van der Waals surface area contributed by atoms with Crippen molar-refractivity contribution >= 4 is 23.7 Å². The first kappa shape index (κ1) is 23.2. The van der Waals surface area contributed by atoms with Gasteiger partial charge in [0.2, 0.25) is 5.78 Å². The Kier molecular flexibility index (Phi) is 6.72. The van der Waals surface area contributed by atoms with Crippen molar-refractivity contribution in [1.29, 1.82) is 0 Å². The normalized spacial score (nSPS) is 16.7. The smallest absolute Gasteiger partial charge is 0.306 e. The number of hydrogen-bond donors (Lipinski definition) is 1. The van der Waals surface area contributed by atoms with Gasteiger partial charge in [0.15, 0.2) is 23.9 Å². The molecule has 0 atom stereocenters. The van der Waals surface area contributed by atoms with Crippen LogP contribution in [0.1, 0.15) is 28.8 Å². The van der Waals surface area contributed by atoms with Crippen LogP contribution in [-0.2, 0) is 9.59 Å². The number of ether oxygens (including phenoxy) is 4. The molecule has 178 valence electrons. The second-order valence-electron chi connectivity index (χ2n) is 7.96. The Hall–Kier alpha value is -4.01. The first-order valence-electron chi connectivity index (χ1n) is 10.8. The predicted molar refractivity (Wildman–Crippen MR) is 121 cm³/mol. The van der Waals surface area contributed by atoms with Gasteiger partial charge in [-0.3, -0.25) is 14.4 Å². The van der Waals surface area contributed by atoms with Crippen LogP contribution in [0.25, 0.3) is 6.08 Å². The van der Waals surface area contributed by atoms with Crippen LogP contribution in [0.5, 0.6) is 23.0 Å². The van der Waals surface area contributed by atoms with Crippen LogP contribution >= 0.6 is 0 Å². The highest BCUT2D eigenvalue weighted by Crippen LogP contribution is 2.37. The van der Waals surface area contributed by atoms with Crippen LogP contribution in [0.2, 0.25) is 0 Å². The average molecular weight is 467 g/mol. The number of amides is 1. The standard InChI is InChI=1S/C25H25NO8/c1-31-19-5-3-4-16(24(19)32-2)12-21-23(28)18-7-6-17(13-20(18)34-21)33-14-22(27)26-10-8-15(9-11-26)25(29)30/h3-7,12-13,15H,8-11,14H2,1-2H3,(H,29,30). The van der Waals surface area contributed by atoms with Gasteiger partial charge in [-0.1, -0.05) is 12.1 Å². The number of allylic oxidation sites excluding steroid dienone is 1. The van der Waals surface area contributed by atoms with Crippen molar-refractivity contribution in [2.75, 3.05) is 33.9 Å². The zero-order valence-electron chi connectivity index (χ0n) is 18.9. The number of ketones is 1. The monoisotopic (exact) mass is 467 g/mol. The van der Waals surface area contributed by atoms with Crippen LogP contribution in [0.3, 0.4) is 0 Å². The molecule has 0 saturated carbocycles. The number of rotatable bonds is 7. The molecule has 0 aromatic heterocycles. The number of carboxylic acids is 1. The number of carbonyl (C=O) groups excluding carboxylic acids is 2. The Morgan fingerprint density at radius 2 is 1.91 bits per heavy atom. The van der Waals surface area contributed by atoms with Gasteiger partial charge in [0.1, 0.15) is 11.5 Å². The molecule has 4 rings (SSSR count). The lowest BCUT2D eigenvalue weighted by Gasteiger charge is -2.30. The average Bonchev–Trinajstić information content (AvgIpc) is 3.16. The molecule has 0 radical (unpaired) electrons. The molecular weight excluding hydrogens is 442 g/mol. The van der Waals surface area contributed by atoms with E-state index < -0.39 is 11.9 Å². The Balaban J connectivity index is 1.42. The first-order chi connectivity index (χ1) is 16.4. The minimum Gasteiger partial charge on any atom is -0.493 e. The number of piperidine rings is 1. The summed E-state index contributed by atoms with van der Waals surface area (Å²) in [4.78, 5) is 37.9. The molecule has 1 saturated heterocycles. The Bertz CT molecular complexity index is 1150. The molecule has 0 spiro atoms. The largest absolute Gasteiger partial charge is 0.493 e. The van der Waals surface area contributed by atoms with Gasteiger partial charge in [-0.15, -0.1) is 0 Å². The fourth-order valence-corrected chi connectivity index (χ4v) is 4.04. The summed E-state index contributed by atoms with van der Waals surface area (Å²) >= 11 is 0. The number of para-hydroxylation sites is 1. The van der Waals surface area contributed by atoms with Crippen molar-refractivity contribution in [2.24, 2.45) is 5.92 Å². The molecule has 2 aromatic carbocycles. The van der Waals surface area contributed by atoms with Crippen LogP contribution in [0, 0.1) is 5.92 Å². The van der Waals surface area contributed by atoms with Gasteiger partial charge in [-0.05, 0) is 37.1 Å². The Morgan fingerprint density at radius 3 is 2.59 bits per heavy atom. The number of nitrogens with zero attached hydrogens (tertiary/aromatic N) is 1. The van der Waals surface area contributed by atoms with Gasteiger partial charge in [0, 0.05) is 24.7 Å². The fraction of sp³-hybridized carbons (Fsp3) is 0.320. The number of methoxy groups -OCH3 is 2. The summed E-state index contributed by atoms with van der Waals surface area (Å²) in [5, 5.41) is 9.08. The number of hydrogen-bond acceptors (Lipinski definition) is 7. The maximum absolute atomic E-state index is 12.8. The van der Waals surface area contributed by atoms with Crippen LogP contribution in [0.4, 0.5) is 0 Å². The highest BCUT2D eigenvalue weighted by Gasteiger charge is 2.29. The zero-order chi connectivity index (χ0) is 24.2. The summed E-state index contributed by atoms with van der Waals surface area (Å²) in [5.41, 5.74) is 1.02. The van der Waals surface area contributed by atoms with E-state index in [0.29, 0.717) is 60.1 Å². The molecule has 2 aliphatic rings. The number of fused-ring (bicyclic) bond motifs is 1. The quantitative estimate of drug-likeness (QED) is 0.619. The molecule has 34 heavy (non-hydrogen) atoms. The topological polar surface area (TPSA) is 112 Å². The molecule has 1 amide bonds. The van der Waals surface area contributed by atoms with E-state index in [4.69, 9.17) is 24.1 Å². The Labute approximate surface area is 196 Å². The van der Waals surface area contributed by atoms with Gasteiger partial charge < -0.3 is 29.0 Å². The van der Waals surface area contributed by atoms with Crippen molar-refractivity contribution in [3.05, 3.63) is 53.3 Å². The molecule has 9 heteroatoms. The van der Waals surface area contributed by atoms with Crippen molar-refractivity contribution in [3.8, 4) is 23.0 Å². The van der Waals surface area contributed by atoms with Crippen molar-refractivity contribution in [3.63, 3.8) is 0 Å². The molecule has 0 aliphatic carbocycles. The summed E-state index contributed by atoms with van der Waals surface area (Å²) in [6.07, 6.45) is 2.46. The fourth-order valence-electron chi connectivity index (χ4n) is 4.04. The summed E-state index contributed by atoms with van der Waals surface area (Å²) in [5.74, 6) is 0.162. The highest BCUT2D eigenvalue weighted by atomic mass is 16.5. The number of carbonyl (C=O) groups is 3. The molecular formula is C25H25NO8. The number of likely N-dealkylation sites (tertiary alicyclic amines) is 1. The first-order valence-corrected chi connectivity index (χ1v) is 10.8. The lowest BCUT2D eigenvalue weighted by Crippen LogP contribution is -2.42. The Morgan fingerprint density at radius 1 is 1.15 bits per heavy atom. The van der Waals surface area contributed by atoms with E-state index in [9.17, 15) is 14.4 Å². The molecule has 9 nitrogen and oxygen atoms in total. The molecule has 2 heterocycles. The van der Waals surface area contributed by atoms with E-state index in [1.54, 1.807) is 47.4 Å². The van der Waals surface area contributed by atoms with Crippen molar-refractivity contribution in [1.82, 2.24) is 4.90 Å². The predicted octanol–water partition coefficient (Wildman–Crippen LogP) is 3.02. The van der Waals surface area contributed by atoms with Crippen LogP contribution in [-0.4, -0.2) is 61.6 Å². The molecule has 1 N–H and O–H groups in total. The van der Waals surface area contributed by atoms with E-state index in [-0.39, 0.29) is 24.1 Å². The van der Waals surface area contributed by atoms with Crippen LogP contribution in [0.15, 0.2) is 42.2 Å². The number of aliphatic carboxylic acids is 1. The van der Waals surface area contributed by atoms with Crippen LogP contribution < -0.4 is 18.9 Å². The number of Topliss-reactive ketones (excluding diaryl/α,β-unsaturated/α-hetero) is 1. The minimum absolute atomic E-state index is 0.135. The lowest BCUT2D eigenvalue weighted by molar-refractivity contribution is -0.146. The number of benzene rings is 2. The van der Waals surface area contributed by atoms with Gasteiger partial charge in [-0.25, -0.2) is 0 Å². The third-order valence-corrected chi connectivity index (χ3v) is 5.92. The summed E-state index contributed by atoms with van der Waals surface area (Å²) in [6.45, 7) is 0.597. The molecule has 2 aliphatic heterocycles. The molecule has 0 unspecified atom stereocenters. The SMILES string of the molecule is COc1cccc(C=C2Oc3cc(OCC(=O)N4CCC(C(=O)O)CC4)ccc3C2=O)c1OC. The van der Waals surface area contributed by atoms with E-state index in [0.717, 1.165) is 0 Å². The second-order valence-corrected chi connectivity index (χ2v) is 7.96. The van der Waals surface area contributed by atoms with Gasteiger partial charge in [-0.2, -0.15) is 0 Å². The summed E-state index contributed by atoms with van der Waals surface area (Å²) < 4.78 is 22.1. The molecule has 0 bridgehead atoms. The van der Waals surface area contributed by atoms with E-state index in [1.807, 2.05) is 0 Å². The van der Waals surface area contributed by atoms with Crippen molar-refractivity contribution < 1.29 is 38.4 Å². The van der Waals surface area contributed by atoms with Crippen molar-refractivity contribution in [2.45, 2.75) is 12.8 Å². The third-order valence-electron chi connectivity index (χ3n) is 5.92. The summed E-state index contributed by atoms with van der Waals surface area (Å²) in [7, 11) is 3.05. The number of carboxylic acid groups (broad SMARTS) is 1. The summed E-state index contributed by atoms with van der Waals surface area (Å²) in [6, 6.07) is 10.1. The van der Waals surface area contributed by atoms with E-state index in [2.05, 4.69) is 0 Å². The van der Waals surface area contributed by atoms with Gasteiger partial charge in [0.25, 0.3) is 5.91 Å². The zero-order valence-corrected chi connectivity index (χ0v) is 18.9. The molecule has 2 aromatic rings. The lowest BCUT2D eigenvalue weighted by atomic mass is 9.97. The third kappa shape index (κ3) is 4.68. The minimum atomic E-state index is -0.825. The maximum Gasteiger partial charge on any atom is 0.306 e. The van der Waals surface area contributed by atoms with Gasteiger partial charge in [0.05, 0.1) is 25.7 Å². The van der Waals surface area contributed by atoms with E-state index in [1.165, 1.54) is 14.2 Å². The second kappa shape index (κ2) is 9.86. The molecule has 1 fully saturated rings. The van der Waals surface area contributed by atoms with E-state index >= 15 is 0 Å².